The molecule has 1 aliphatic rings. The lowest BCUT2D eigenvalue weighted by atomic mass is 10.0. The minimum atomic E-state index is -4.56. The topological polar surface area (TPSA) is 104 Å². The van der Waals surface area contributed by atoms with Crippen molar-refractivity contribution in [3.63, 3.8) is 0 Å². The molecule has 0 aliphatic carbocycles. The Hall–Kier alpha value is -1.93. The number of hydrogen-bond donors (Lipinski definition) is 2. The van der Waals surface area contributed by atoms with Gasteiger partial charge in [0.25, 0.3) is 5.91 Å². The van der Waals surface area contributed by atoms with Gasteiger partial charge in [-0.1, -0.05) is 30.3 Å². The van der Waals surface area contributed by atoms with Gasteiger partial charge in [-0.15, -0.1) is 0 Å². The van der Waals surface area contributed by atoms with Gasteiger partial charge in [0, 0.05) is 0 Å². The largest absolute Gasteiger partial charge is 0.362 e. The predicted octanol–water partition coefficient (Wildman–Crippen LogP) is -0.253. The Kier molecular flexibility index (Phi) is 3.78. The zero-order valence-corrected chi connectivity index (χ0v) is 11.5. The van der Waals surface area contributed by atoms with Crippen LogP contribution in [0.1, 0.15) is 12.5 Å². The monoisotopic (exact) mass is 298 g/mol. The molecule has 1 saturated heterocycles. The number of amides is 2. The van der Waals surface area contributed by atoms with E-state index in [1.165, 1.54) is 6.92 Å². The highest BCUT2D eigenvalue weighted by Gasteiger charge is 2.51. The van der Waals surface area contributed by atoms with Gasteiger partial charge in [0.2, 0.25) is 5.91 Å². The smallest absolute Gasteiger partial charge is 0.342 e. The van der Waals surface area contributed by atoms with E-state index in [1.807, 2.05) is 6.07 Å². The van der Waals surface area contributed by atoms with Gasteiger partial charge in [-0.2, -0.15) is 8.42 Å². The van der Waals surface area contributed by atoms with Gasteiger partial charge < -0.3 is 5.32 Å². The third kappa shape index (κ3) is 2.81. The molecule has 1 aromatic rings. The lowest BCUT2D eigenvalue weighted by molar-refractivity contribution is -0.144. The Labute approximate surface area is 116 Å². The highest BCUT2D eigenvalue weighted by atomic mass is 32.2. The van der Waals surface area contributed by atoms with Crippen molar-refractivity contribution in [1.82, 2.24) is 9.62 Å². The van der Waals surface area contributed by atoms with E-state index in [0.717, 1.165) is 5.56 Å². The molecule has 0 saturated carbocycles. The number of β-lactam (4-membered cyclic amide) rings is 1. The van der Waals surface area contributed by atoms with Crippen molar-refractivity contribution < 1.29 is 22.6 Å². The van der Waals surface area contributed by atoms with Crippen molar-refractivity contribution in [2.24, 2.45) is 0 Å². The molecule has 2 unspecified atom stereocenters. The maximum atomic E-state index is 11.8. The van der Waals surface area contributed by atoms with Crippen LogP contribution in [0.2, 0.25) is 0 Å². The van der Waals surface area contributed by atoms with E-state index in [2.05, 4.69) is 5.32 Å². The summed E-state index contributed by atoms with van der Waals surface area (Å²) in [5.41, 5.74) is 0.788. The summed E-state index contributed by atoms with van der Waals surface area (Å²) in [6, 6.07) is 7.24. The van der Waals surface area contributed by atoms with E-state index in [4.69, 9.17) is 4.55 Å². The number of hydrogen-bond acceptors (Lipinski definition) is 4. The molecule has 8 heteroatoms. The first-order chi connectivity index (χ1) is 9.30. The van der Waals surface area contributed by atoms with E-state index >= 15 is 0 Å². The fourth-order valence-corrected chi connectivity index (χ4v) is 2.99. The van der Waals surface area contributed by atoms with Gasteiger partial charge in [0.1, 0.15) is 6.04 Å². The molecule has 2 amide bonds. The van der Waals surface area contributed by atoms with Gasteiger partial charge in [0.15, 0.2) is 0 Å². The molecule has 0 spiro atoms. The van der Waals surface area contributed by atoms with Crippen LogP contribution < -0.4 is 5.32 Å². The molecule has 1 aliphatic heterocycles. The van der Waals surface area contributed by atoms with E-state index < -0.39 is 28.3 Å². The second-order valence-corrected chi connectivity index (χ2v) is 5.85. The van der Waals surface area contributed by atoms with Gasteiger partial charge in [-0.25, -0.2) is 4.31 Å². The number of benzene rings is 1. The molecule has 0 aromatic heterocycles. The van der Waals surface area contributed by atoms with E-state index in [0.29, 0.717) is 4.31 Å². The normalized spacial score (nSPS) is 22.3. The van der Waals surface area contributed by atoms with Gasteiger partial charge in [0.05, 0.1) is 12.5 Å². The third-order valence-electron chi connectivity index (χ3n) is 3.11. The van der Waals surface area contributed by atoms with Crippen molar-refractivity contribution in [1.29, 1.82) is 0 Å². The summed E-state index contributed by atoms with van der Waals surface area (Å²) in [6.07, 6.45) is 0.100. The summed E-state index contributed by atoms with van der Waals surface area (Å²) in [6.45, 7) is 1.43. The maximum absolute atomic E-state index is 11.8. The zero-order chi connectivity index (χ0) is 14.9. The van der Waals surface area contributed by atoms with Crippen LogP contribution in [0.25, 0.3) is 0 Å². The van der Waals surface area contributed by atoms with Crippen LogP contribution in [0.3, 0.4) is 0 Å². The number of carbonyl (C=O) groups excluding carboxylic acids is 2. The van der Waals surface area contributed by atoms with E-state index in [-0.39, 0.29) is 12.3 Å². The predicted molar refractivity (Wildman–Crippen MR) is 69.9 cm³/mol. The SMILES string of the molecule is CC1C(NC(=O)Cc2ccccc2)C(=O)N1S(=O)(=O)O. The van der Waals surface area contributed by atoms with Crippen molar-refractivity contribution in [2.75, 3.05) is 0 Å². The van der Waals surface area contributed by atoms with Crippen molar-refractivity contribution in [3.8, 4) is 0 Å². The molecule has 1 fully saturated rings. The summed E-state index contributed by atoms with van der Waals surface area (Å²) in [7, 11) is -4.56. The first-order valence-electron chi connectivity index (χ1n) is 5.94. The number of nitrogens with zero attached hydrogens (tertiary/aromatic N) is 1. The molecule has 2 rings (SSSR count). The minimum Gasteiger partial charge on any atom is -0.342 e. The molecular formula is C12H14N2O5S. The Morgan fingerprint density at radius 3 is 2.45 bits per heavy atom. The first kappa shape index (κ1) is 14.5. The quantitative estimate of drug-likeness (QED) is 0.589. The Morgan fingerprint density at radius 2 is 1.95 bits per heavy atom. The fourth-order valence-electron chi connectivity index (χ4n) is 2.11. The van der Waals surface area contributed by atoms with Crippen molar-refractivity contribution in [3.05, 3.63) is 35.9 Å². The number of rotatable bonds is 4. The summed E-state index contributed by atoms with van der Waals surface area (Å²) >= 11 is 0. The second kappa shape index (κ2) is 5.22. The third-order valence-corrected chi connectivity index (χ3v) is 4.12. The van der Waals surface area contributed by atoms with Crippen molar-refractivity contribution >= 4 is 22.1 Å². The molecule has 1 heterocycles. The van der Waals surface area contributed by atoms with Gasteiger partial charge >= 0.3 is 10.3 Å². The molecule has 2 N–H and O–H groups in total. The Morgan fingerprint density at radius 1 is 1.35 bits per heavy atom. The lowest BCUT2D eigenvalue weighted by Crippen LogP contribution is -2.70. The van der Waals surface area contributed by atoms with Crippen LogP contribution in [0.5, 0.6) is 0 Å². The Balaban J connectivity index is 1.96. The van der Waals surface area contributed by atoms with Crippen LogP contribution in [-0.4, -0.2) is 41.2 Å². The Bertz CT molecular complexity index is 629. The molecule has 108 valence electrons. The maximum Gasteiger partial charge on any atom is 0.362 e. The van der Waals surface area contributed by atoms with Crippen molar-refractivity contribution in [2.45, 2.75) is 25.4 Å². The summed E-state index contributed by atoms with van der Waals surface area (Å²) in [5.74, 6) is -1.21. The van der Waals surface area contributed by atoms with Crippen LogP contribution in [0.4, 0.5) is 0 Å². The standard InChI is InChI=1S/C12H14N2O5S/c1-8-11(12(16)14(8)20(17,18)19)13-10(15)7-9-5-3-2-4-6-9/h2-6,8,11H,7H2,1H3,(H,13,15)(H,17,18,19). The number of carbonyl (C=O) groups is 2. The van der Waals surface area contributed by atoms with Crippen LogP contribution in [-0.2, 0) is 26.3 Å². The molecule has 20 heavy (non-hydrogen) atoms. The molecule has 7 nitrogen and oxygen atoms in total. The minimum absolute atomic E-state index is 0.100. The summed E-state index contributed by atoms with van der Waals surface area (Å²) < 4.78 is 31.0. The molecule has 0 radical (unpaired) electrons. The number of nitrogens with one attached hydrogen (secondary N) is 1. The average molecular weight is 298 g/mol. The second-order valence-electron chi connectivity index (χ2n) is 4.56. The highest BCUT2D eigenvalue weighted by molar-refractivity contribution is 7.84. The molecule has 2 atom stereocenters. The fraction of sp³-hybridized carbons (Fsp3) is 0.333. The highest BCUT2D eigenvalue weighted by Crippen LogP contribution is 2.22. The summed E-state index contributed by atoms with van der Waals surface area (Å²) in [5, 5.41) is 2.46. The molecular weight excluding hydrogens is 284 g/mol. The first-order valence-corrected chi connectivity index (χ1v) is 7.34. The van der Waals surface area contributed by atoms with Crippen LogP contribution in [0, 0.1) is 0 Å². The average Bonchev–Trinajstić information content (AvgIpc) is 2.36. The molecule has 1 aromatic carbocycles. The van der Waals surface area contributed by atoms with E-state index in [1.54, 1.807) is 24.3 Å². The summed E-state index contributed by atoms with van der Waals surface area (Å²) in [4.78, 5) is 23.3. The van der Waals surface area contributed by atoms with Crippen LogP contribution >= 0.6 is 0 Å². The van der Waals surface area contributed by atoms with Gasteiger partial charge in [-0.3, -0.25) is 14.1 Å². The van der Waals surface area contributed by atoms with Crippen LogP contribution in [0.15, 0.2) is 30.3 Å². The van der Waals surface area contributed by atoms with Gasteiger partial charge in [-0.05, 0) is 12.5 Å². The molecule has 0 bridgehead atoms. The lowest BCUT2D eigenvalue weighted by Gasteiger charge is -2.42. The zero-order valence-electron chi connectivity index (χ0n) is 10.7. The van der Waals surface area contributed by atoms with E-state index in [9.17, 15) is 18.0 Å².